The fraction of sp³-hybridized carbons (Fsp3) is 0.750. The fourth-order valence-corrected chi connectivity index (χ4v) is 2.09. The Morgan fingerprint density at radius 1 is 1.42 bits per heavy atom. The lowest BCUT2D eigenvalue weighted by Gasteiger charge is -2.15. The number of hydrogen-bond acceptors (Lipinski definition) is 6. The Morgan fingerprint density at radius 2 is 2.21 bits per heavy atom. The molecule has 2 unspecified atom stereocenters. The van der Waals surface area contributed by atoms with Gasteiger partial charge in [0.1, 0.15) is 0 Å². The van der Waals surface area contributed by atoms with Gasteiger partial charge in [-0.05, 0) is 38.8 Å². The highest BCUT2D eigenvalue weighted by Gasteiger charge is 2.24. The van der Waals surface area contributed by atoms with Gasteiger partial charge in [0.2, 0.25) is 11.2 Å². The molecule has 2 atom stereocenters. The van der Waals surface area contributed by atoms with Crippen molar-refractivity contribution in [1.82, 2.24) is 15.0 Å². The topological polar surface area (TPSA) is 69.2 Å². The minimum absolute atomic E-state index is 0.00503. The second-order valence-corrected chi connectivity index (χ2v) is 5.22. The maximum absolute atomic E-state index is 5.85. The molecule has 0 saturated carbocycles. The molecule has 19 heavy (non-hydrogen) atoms. The predicted octanol–water partition coefficient (Wildman–Crippen LogP) is 2.15. The number of anilines is 1. The van der Waals surface area contributed by atoms with Crippen molar-refractivity contribution in [2.75, 3.05) is 18.5 Å². The molecule has 2 rings (SSSR count). The van der Waals surface area contributed by atoms with Crippen LogP contribution >= 0.6 is 11.6 Å². The van der Waals surface area contributed by atoms with Gasteiger partial charge < -0.3 is 14.8 Å². The molecule has 0 radical (unpaired) electrons. The molecule has 0 spiro atoms. The van der Waals surface area contributed by atoms with Crippen molar-refractivity contribution < 1.29 is 9.47 Å². The summed E-state index contributed by atoms with van der Waals surface area (Å²) in [5, 5.41) is 3.29. The van der Waals surface area contributed by atoms with Crippen LogP contribution in [0.4, 0.5) is 5.95 Å². The molecule has 6 nitrogen and oxygen atoms in total. The molecule has 106 valence electrons. The molecule has 1 aliphatic rings. The van der Waals surface area contributed by atoms with Crippen LogP contribution in [-0.4, -0.2) is 40.3 Å². The molecule has 0 amide bonds. The first-order valence-electron chi connectivity index (χ1n) is 6.48. The van der Waals surface area contributed by atoms with Crippen LogP contribution in [0.25, 0.3) is 0 Å². The molecule has 0 aliphatic carbocycles. The molecule has 2 heterocycles. The molecular weight excluding hydrogens is 268 g/mol. The Kier molecular flexibility index (Phi) is 4.76. The smallest absolute Gasteiger partial charge is 0.322 e. The van der Waals surface area contributed by atoms with E-state index in [1.165, 1.54) is 0 Å². The molecule has 1 N–H and O–H groups in total. The number of rotatable bonds is 5. The Bertz CT molecular complexity index is 430. The highest BCUT2D eigenvalue weighted by Crippen LogP contribution is 2.21. The third-order valence-electron chi connectivity index (χ3n) is 2.98. The van der Waals surface area contributed by atoms with Crippen molar-refractivity contribution in [2.24, 2.45) is 5.92 Å². The Hall–Kier alpha value is -1.14. The highest BCUT2D eigenvalue weighted by atomic mass is 35.5. The molecule has 1 aromatic heterocycles. The van der Waals surface area contributed by atoms with Gasteiger partial charge in [-0.1, -0.05) is 0 Å². The molecule has 1 aliphatic heterocycles. The predicted molar refractivity (Wildman–Crippen MR) is 72.6 cm³/mol. The SMILES string of the molecule is CC(C)Oc1nc(Cl)nc(NCC2CCOC2C)n1. The first-order chi connectivity index (χ1) is 9.04. The summed E-state index contributed by atoms with van der Waals surface area (Å²) in [6, 6.07) is 0.244. The van der Waals surface area contributed by atoms with Gasteiger partial charge in [-0.15, -0.1) is 0 Å². The van der Waals surface area contributed by atoms with Crippen LogP contribution in [0, 0.1) is 5.92 Å². The van der Waals surface area contributed by atoms with Crippen LogP contribution in [0.15, 0.2) is 0 Å². The summed E-state index contributed by atoms with van der Waals surface area (Å²) in [4.78, 5) is 12.1. The van der Waals surface area contributed by atoms with Crippen molar-refractivity contribution in [3.63, 3.8) is 0 Å². The van der Waals surface area contributed by atoms with Gasteiger partial charge >= 0.3 is 6.01 Å². The second kappa shape index (κ2) is 6.34. The summed E-state index contributed by atoms with van der Waals surface area (Å²) in [6.07, 6.45) is 1.30. The molecule has 0 aromatic carbocycles. The van der Waals surface area contributed by atoms with Gasteiger partial charge in [-0.25, -0.2) is 0 Å². The highest BCUT2D eigenvalue weighted by molar-refractivity contribution is 6.28. The van der Waals surface area contributed by atoms with E-state index in [4.69, 9.17) is 21.1 Å². The maximum atomic E-state index is 5.85. The van der Waals surface area contributed by atoms with E-state index in [9.17, 15) is 0 Å². The van der Waals surface area contributed by atoms with Gasteiger partial charge in [-0.2, -0.15) is 15.0 Å². The Labute approximate surface area is 117 Å². The fourth-order valence-electron chi connectivity index (χ4n) is 1.94. The van der Waals surface area contributed by atoms with Gasteiger partial charge in [0.25, 0.3) is 0 Å². The summed E-state index contributed by atoms with van der Waals surface area (Å²) < 4.78 is 10.9. The van der Waals surface area contributed by atoms with Crippen molar-refractivity contribution in [2.45, 2.75) is 39.4 Å². The van der Waals surface area contributed by atoms with E-state index in [0.717, 1.165) is 19.6 Å². The first-order valence-corrected chi connectivity index (χ1v) is 6.86. The Morgan fingerprint density at radius 3 is 2.84 bits per heavy atom. The number of nitrogens with zero attached hydrogens (tertiary/aromatic N) is 3. The van der Waals surface area contributed by atoms with E-state index in [1.54, 1.807) is 0 Å². The van der Waals surface area contributed by atoms with Crippen LogP contribution in [0.3, 0.4) is 0 Å². The van der Waals surface area contributed by atoms with E-state index >= 15 is 0 Å². The summed E-state index contributed by atoms with van der Waals surface area (Å²) in [5.41, 5.74) is 0. The summed E-state index contributed by atoms with van der Waals surface area (Å²) in [5.74, 6) is 0.903. The lowest BCUT2D eigenvalue weighted by molar-refractivity contribution is 0.108. The average Bonchev–Trinajstić information content (AvgIpc) is 2.70. The number of hydrogen-bond donors (Lipinski definition) is 1. The largest absolute Gasteiger partial charge is 0.461 e. The van der Waals surface area contributed by atoms with E-state index in [0.29, 0.717) is 11.9 Å². The lowest BCUT2D eigenvalue weighted by Crippen LogP contribution is -2.22. The number of aromatic nitrogens is 3. The van der Waals surface area contributed by atoms with Gasteiger partial charge in [0, 0.05) is 19.1 Å². The quantitative estimate of drug-likeness (QED) is 0.894. The minimum atomic E-state index is -0.00503. The van der Waals surface area contributed by atoms with Gasteiger partial charge in [-0.3, -0.25) is 0 Å². The molecule has 1 saturated heterocycles. The van der Waals surface area contributed by atoms with Crippen molar-refractivity contribution in [3.05, 3.63) is 5.28 Å². The zero-order chi connectivity index (χ0) is 13.8. The summed E-state index contributed by atoms with van der Waals surface area (Å²) in [6.45, 7) is 7.45. The zero-order valence-corrected chi connectivity index (χ0v) is 12.1. The van der Waals surface area contributed by atoms with Gasteiger partial charge in [0.15, 0.2) is 0 Å². The monoisotopic (exact) mass is 286 g/mol. The van der Waals surface area contributed by atoms with Crippen LogP contribution in [0.1, 0.15) is 27.2 Å². The third-order valence-corrected chi connectivity index (χ3v) is 3.15. The van der Waals surface area contributed by atoms with Crippen molar-refractivity contribution in [1.29, 1.82) is 0 Å². The van der Waals surface area contributed by atoms with Crippen LogP contribution < -0.4 is 10.1 Å². The standard InChI is InChI=1S/C12H19ClN4O2/c1-7(2)19-12-16-10(13)15-11(17-12)14-6-9-4-5-18-8(9)3/h7-9H,4-6H2,1-3H3,(H,14,15,16,17). The third kappa shape index (κ3) is 4.18. The molecule has 1 fully saturated rings. The number of nitrogens with one attached hydrogen (secondary N) is 1. The number of ether oxygens (including phenoxy) is 2. The summed E-state index contributed by atoms with van der Waals surface area (Å²) in [7, 11) is 0. The van der Waals surface area contributed by atoms with Crippen molar-refractivity contribution in [3.8, 4) is 6.01 Å². The average molecular weight is 287 g/mol. The van der Waals surface area contributed by atoms with E-state index in [1.807, 2.05) is 13.8 Å². The zero-order valence-electron chi connectivity index (χ0n) is 11.4. The van der Waals surface area contributed by atoms with Crippen LogP contribution in [0.5, 0.6) is 6.01 Å². The maximum Gasteiger partial charge on any atom is 0.322 e. The molecular formula is C12H19ClN4O2. The van der Waals surface area contributed by atoms with Crippen molar-refractivity contribution >= 4 is 17.5 Å². The van der Waals surface area contributed by atoms with E-state index < -0.39 is 0 Å². The van der Waals surface area contributed by atoms with Crippen LogP contribution in [0.2, 0.25) is 5.28 Å². The molecule has 0 bridgehead atoms. The van der Waals surface area contributed by atoms with Crippen LogP contribution in [-0.2, 0) is 4.74 Å². The molecule has 1 aromatic rings. The van der Waals surface area contributed by atoms with E-state index in [-0.39, 0.29) is 23.5 Å². The molecule has 7 heteroatoms. The first kappa shape index (κ1) is 14.3. The second-order valence-electron chi connectivity index (χ2n) is 4.88. The normalized spacial score (nSPS) is 22.8. The summed E-state index contributed by atoms with van der Waals surface area (Å²) >= 11 is 5.85. The Balaban J connectivity index is 1.97. The van der Waals surface area contributed by atoms with Gasteiger partial charge in [0.05, 0.1) is 12.2 Å². The number of halogens is 1. The van der Waals surface area contributed by atoms with E-state index in [2.05, 4.69) is 27.2 Å². The lowest BCUT2D eigenvalue weighted by atomic mass is 10.0. The minimum Gasteiger partial charge on any atom is -0.461 e.